The zero-order chi connectivity index (χ0) is 21.2. The van der Waals surface area contributed by atoms with Crippen LogP contribution in [0.3, 0.4) is 0 Å². The van der Waals surface area contributed by atoms with Gasteiger partial charge in [0.15, 0.2) is 0 Å². The second-order valence-electron chi connectivity index (χ2n) is 7.28. The third-order valence-corrected chi connectivity index (χ3v) is 6.60. The number of sulfonamides is 1. The number of amides is 1. The van der Waals surface area contributed by atoms with E-state index in [1.165, 1.54) is 6.07 Å². The molecule has 0 aliphatic carbocycles. The summed E-state index contributed by atoms with van der Waals surface area (Å²) in [6.07, 6.45) is 0. The lowest BCUT2D eigenvalue weighted by Gasteiger charge is -2.31. The first-order valence-electron chi connectivity index (χ1n) is 9.50. The van der Waals surface area contributed by atoms with Crippen LogP contribution in [0.4, 0.5) is 5.69 Å². The summed E-state index contributed by atoms with van der Waals surface area (Å²) in [6.45, 7) is 2.31. The highest BCUT2D eigenvalue weighted by atomic mass is 32.2. The Hall–Kier alpha value is -3.45. The number of para-hydroxylation sites is 1. The van der Waals surface area contributed by atoms with Gasteiger partial charge < -0.3 is 10.6 Å². The molecule has 0 radical (unpaired) electrons. The first-order valence-corrected chi connectivity index (χ1v) is 10.9. The number of carbonyl (C=O) groups excluding carboxylic acids is 1. The van der Waals surface area contributed by atoms with Gasteiger partial charge in [0.25, 0.3) is 15.9 Å². The van der Waals surface area contributed by atoms with Crippen molar-refractivity contribution in [2.45, 2.75) is 17.2 Å². The van der Waals surface area contributed by atoms with Crippen molar-refractivity contribution in [3.63, 3.8) is 0 Å². The van der Waals surface area contributed by atoms with Crippen molar-refractivity contribution in [1.82, 2.24) is 5.32 Å². The van der Waals surface area contributed by atoms with Crippen molar-refractivity contribution < 1.29 is 13.2 Å². The van der Waals surface area contributed by atoms with Gasteiger partial charge in [-0.05, 0) is 30.2 Å². The molecule has 3 aromatic carbocycles. The van der Waals surface area contributed by atoms with Gasteiger partial charge in [-0.15, -0.1) is 4.40 Å². The minimum absolute atomic E-state index is 0.0555. The van der Waals surface area contributed by atoms with Crippen LogP contribution in [0.2, 0.25) is 0 Å². The van der Waals surface area contributed by atoms with Crippen molar-refractivity contribution in [2.24, 2.45) is 4.40 Å². The lowest BCUT2D eigenvalue weighted by molar-refractivity contribution is -0.115. The molecule has 30 heavy (non-hydrogen) atoms. The summed E-state index contributed by atoms with van der Waals surface area (Å²) < 4.78 is 28.5. The number of amidine groups is 1. The fourth-order valence-corrected chi connectivity index (χ4v) is 4.65. The van der Waals surface area contributed by atoms with E-state index in [1.807, 2.05) is 67.6 Å². The minimum Gasteiger partial charge on any atom is -0.348 e. The molecule has 3 aromatic rings. The Labute approximate surface area is 175 Å². The van der Waals surface area contributed by atoms with Gasteiger partial charge in [-0.25, -0.2) is 0 Å². The number of hydrogen-bond donors (Lipinski definition) is 2. The van der Waals surface area contributed by atoms with Crippen LogP contribution in [0.15, 0.2) is 94.2 Å². The maximum Gasteiger partial charge on any atom is 0.287 e. The van der Waals surface area contributed by atoms with Crippen LogP contribution in [0, 0.1) is 0 Å². The second-order valence-corrected chi connectivity index (χ2v) is 8.86. The number of nitrogens with zero attached hydrogens (tertiary/aromatic N) is 1. The molecule has 0 fully saturated rings. The highest BCUT2D eigenvalue weighted by Crippen LogP contribution is 2.31. The molecule has 152 valence electrons. The first kappa shape index (κ1) is 19.8. The van der Waals surface area contributed by atoms with Gasteiger partial charge in [0, 0.05) is 12.0 Å². The molecule has 0 aromatic heterocycles. The van der Waals surface area contributed by atoms with Gasteiger partial charge in [0.05, 0.1) is 5.69 Å². The predicted octanol–water partition coefficient (Wildman–Crippen LogP) is 3.32. The van der Waals surface area contributed by atoms with Gasteiger partial charge in [-0.2, -0.15) is 8.42 Å². The number of benzene rings is 3. The quantitative estimate of drug-likeness (QED) is 0.664. The summed E-state index contributed by atoms with van der Waals surface area (Å²) in [7, 11) is -3.93. The number of nitrogens with one attached hydrogen (secondary N) is 2. The van der Waals surface area contributed by atoms with E-state index < -0.39 is 21.3 Å². The molecule has 0 saturated carbocycles. The smallest absolute Gasteiger partial charge is 0.287 e. The molecule has 4 rings (SSSR count). The van der Waals surface area contributed by atoms with E-state index in [1.54, 1.807) is 18.2 Å². The fourth-order valence-electron chi connectivity index (χ4n) is 3.54. The normalized spacial score (nSPS) is 14.8. The standard InChI is InChI=1S/C23H21N3O3S/c1-23(17-10-4-2-5-11-17,18-12-6-3-7-13-18)16-24-22(27)21-25-19-14-8-9-15-20(19)30(28,29)26-21/h2-15H,16H2,1H3,(H,24,27)(H,25,26). The zero-order valence-electron chi connectivity index (χ0n) is 16.4. The van der Waals surface area contributed by atoms with Crippen LogP contribution in [0.5, 0.6) is 0 Å². The lowest BCUT2D eigenvalue weighted by Crippen LogP contribution is -2.44. The molecule has 7 heteroatoms. The summed E-state index contributed by atoms with van der Waals surface area (Å²) >= 11 is 0. The van der Waals surface area contributed by atoms with Crippen LogP contribution in [0.1, 0.15) is 18.1 Å². The molecule has 0 spiro atoms. The molecule has 1 aliphatic heterocycles. The molecule has 1 aliphatic rings. The van der Waals surface area contributed by atoms with Gasteiger partial charge in [-0.1, -0.05) is 72.8 Å². The van der Waals surface area contributed by atoms with Crippen LogP contribution in [-0.2, 0) is 20.2 Å². The average Bonchev–Trinajstić information content (AvgIpc) is 2.78. The van der Waals surface area contributed by atoms with Crippen molar-refractivity contribution >= 4 is 27.5 Å². The Morgan fingerprint density at radius 1 is 0.900 bits per heavy atom. The summed E-state index contributed by atoms with van der Waals surface area (Å²) in [5.74, 6) is -0.816. The van der Waals surface area contributed by atoms with E-state index in [2.05, 4.69) is 15.0 Å². The van der Waals surface area contributed by atoms with Crippen molar-refractivity contribution in [3.05, 3.63) is 96.1 Å². The monoisotopic (exact) mass is 419 g/mol. The fraction of sp³-hybridized carbons (Fsp3) is 0.130. The maximum atomic E-state index is 12.8. The third kappa shape index (κ3) is 3.71. The number of anilines is 1. The van der Waals surface area contributed by atoms with Crippen LogP contribution in [-0.4, -0.2) is 26.7 Å². The van der Waals surface area contributed by atoms with Crippen LogP contribution < -0.4 is 10.6 Å². The minimum atomic E-state index is -3.93. The van der Waals surface area contributed by atoms with Crippen LogP contribution >= 0.6 is 0 Å². The SMILES string of the molecule is CC(CNC(=O)C1=NS(=O)(=O)c2ccccc2N1)(c1ccccc1)c1ccccc1. The third-order valence-electron chi connectivity index (χ3n) is 5.27. The van der Waals surface area contributed by atoms with Crippen molar-refractivity contribution in [2.75, 3.05) is 11.9 Å². The molecule has 0 saturated heterocycles. The largest absolute Gasteiger partial charge is 0.348 e. The topological polar surface area (TPSA) is 87.6 Å². The first-order chi connectivity index (χ1) is 14.4. The van der Waals surface area contributed by atoms with E-state index in [4.69, 9.17) is 0 Å². The van der Waals surface area contributed by atoms with Crippen molar-refractivity contribution in [3.8, 4) is 0 Å². The highest BCUT2D eigenvalue weighted by Gasteiger charge is 2.32. The number of rotatable bonds is 5. The second kappa shape index (κ2) is 7.76. The Morgan fingerprint density at radius 3 is 2.03 bits per heavy atom. The Morgan fingerprint density at radius 2 is 1.43 bits per heavy atom. The van der Waals surface area contributed by atoms with Crippen molar-refractivity contribution in [1.29, 1.82) is 0 Å². The van der Waals surface area contributed by atoms with Gasteiger partial charge in [-0.3, -0.25) is 4.79 Å². The molecule has 0 unspecified atom stereocenters. The predicted molar refractivity (Wildman–Crippen MR) is 117 cm³/mol. The van der Waals surface area contributed by atoms with Gasteiger partial charge in [0.2, 0.25) is 5.84 Å². The molecule has 0 atom stereocenters. The molecular formula is C23H21N3O3S. The lowest BCUT2D eigenvalue weighted by atomic mass is 9.76. The maximum absolute atomic E-state index is 12.8. The Balaban J connectivity index is 1.61. The average molecular weight is 420 g/mol. The van der Waals surface area contributed by atoms with Gasteiger partial charge in [0.1, 0.15) is 4.90 Å². The summed E-state index contributed by atoms with van der Waals surface area (Å²) in [5.41, 5.74) is 1.90. The summed E-state index contributed by atoms with van der Waals surface area (Å²) in [6, 6.07) is 26.1. The van der Waals surface area contributed by atoms with Gasteiger partial charge >= 0.3 is 0 Å². The molecule has 1 amide bonds. The number of hydrogen-bond acceptors (Lipinski definition) is 4. The summed E-state index contributed by atoms with van der Waals surface area (Å²) in [4.78, 5) is 12.9. The van der Waals surface area contributed by atoms with E-state index in [-0.39, 0.29) is 17.3 Å². The number of fused-ring (bicyclic) bond motifs is 1. The molecule has 6 nitrogen and oxygen atoms in total. The Bertz CT molecular complexity index is 1170. The van der Waals surface area contributed by atoms with E-state index in [9.17, 15) is 13.2 Å². The zero-order valence-corrected chi connectivity index (χ0v) is 17.2. The van der Waals surface area contributed by atoms with E-state index in [0.29, 0.717) is 5.69 Å². The number of carbonyl (C=O) groups is 1. The molecular weight excluding hydrogens is 398 g/mol. The van der Waals surface area contributed by atoms with Crippen LogP contribution in [0.25, 0.3) is 0 Å². The summed E-state index contributed by atoms with van der Waals surface area (Å²) in [5, 5.41) is 5.69. The Kier molecular flexibility index (Phi) is 5.13. The highest BCUT2D eigenvalue weighted by molar-refractivity contribution is 7.90. The van der Waals surface area contributed by atoms with E-state index >= 15 is 0 Å². The molecule has 2 N–H and O–H groups in total. The van der Waals surface area contributed by atoms with E-state index in [0.717, 1.165) is 11.1 Å². The molecule has 1 heterocycles. The molecule has 0 bridgehead atoms.